The number of fused-ring (bicyclic) bond motifs is 3. The summed E-state index contributed by atoms with van der Waals surface area (Å²) < 4.78 is 0. The van der Waals surface area contributed by atoms with Gasteiger partial charge in [0.25, 0.3) is 0 Å². The number of benzene rings is 1. The Kier molecular flexibility index (Phi) is 7.11. The third kappa shape index (κ3) is 4.91. The molecule has 1 aromatic heterocycles. The van der Waals surface area contributed by atoms with Crippen molar-refractivity contribution in [1.82, 2.24) is 30.1 Å². The molecule has 4 aliphatic rings. The van der Waals surface area contributed by atoms with Crippen LogP contribution in [0.25, 0.3) is 0 Å². The number of hydrogen-bond donors (Lipinski definition) is 1. The van der Waals surface area contributed by atoms with Crippen molar-refractivity contribution < 1.29 is 9.59 Å². The summed E-state index contributed by atoms with van der Waals surface area (Å²) in [6.07, 6.45) is 9.19. The minimum atomic E-state index is -0.259. The largest absolute Gasteiger partial charge is 0.339 e. The van der Waals surface area contributed by atoms with E-state index >= 15 is 0 Å². The van der Waals surface area contributed by atoms with Gasteiger partial charge in [-0.25, -0.2) is 9.97 Å². The monoisotopic (exact) mass is 516 g/mol. The Morgan fingerprint density at radius 2 is 1.71 bits per heavy atom. The van der Waals surface area contributed by atoms with Crippen LogP contribution in [0.4, 0.5) is 5.95 Å². The van der Waals surface area contributed by atoms with Gasteiger partial charge in [-0.1, -0.05) is 43.2 Å². The summed E-state index contributed by atoms with van der Waals surface area (Å²) in [6.45, 7) is 3.45. The Balaban J connectivity index is 1.08. The molecule has 38 heavy (non-hydrogen) atoms. The first-order chi connectivity index (χ1) is 18.7. The molecule has 0 radical (unpaired) electrons. The molecule has 1 N–H and O–H groups in total. The molecule has 3 atom stereocenters. The molecular weight excluding hydrogens is 480 g/mol. The van der Waals surface area contributed by atoms with Crippen LogP contribution in [-0.2, 0) is 16.0 Å². The molecule has 2 aromatic rings. The number of piperazine rings is 1. The van der Waals surface area contributed by atoms with Crippen LogP contribution in [0, 0.1) is 5.92 Å². The fourth-order valence-corrected chi connectivity index (χ4v) is 6.35. The van der Waals surface area contributed by atoms with Gasteiger partial charge in [0.1, 0.15) is 5.84 Å². The number of anilines is 1. The topological polar surface area (TPSA) is 97.3 Å². The Morgan fingerprint density at radius 1 is 0.947 bits per heavy atom. The number of amidine groups is 1. The van der Waals surface area contributed by atoms with Gasteiger partial charge < -0.3 is 19.6 Å². The Labute approximate surface area is 223 Å². The van der Waals surface area contributed by atoms with Gasteiger partial charge in [0.05, 0.1) is 5.92 Å². The molecule has 6 rings (SSSR count). The molecule has 10 heteroatoms. The van der Waals surface area contributed by atoms with E-state index in [1.54, 1.807) is 12.4 Å². The molecule has 2 amide bonds. The number of aromatic nitrogens is 2. The summed E-state index contributed by atoms with van der Waals surface area (Å²) in [6, 6.07) is 12.3. The fraction of sp³-hybridized carbons (Fsp3) is 0.536. The number of hydrogen-bond acceptors (Lipinski definition) is 8. The first-order valence-electron chi connectivity index (χ1n) is 13.9. The molecule has 200 valence electrons. The van der Waals surface area contributed by atoms with E-state index in [9.17, 15) is 9.59 Å². The first-order valence-corrected chi connectivity index (χ1v) is 13.9. The van der Waals surface area contributed by atoms with Crippen LogP contribution in [0.2, 0.25) is 0 Å². The van der Waals surface area contributed by atoms with Crippen molar-refractivity contribution in [3.05, 3.63) is 54.4 Å². The maximum Gasteiger partial charge on any atom is 0.230 e. The predicted molar refractivity (Wildman–Crippen MR) is 144 cm³/mol. The molecule has 0 bridgehead atoms. The third-order valence-corrected chi connectivity index (χ3v) is 8.37. The second-order valence-corrected chi connectivity index (χ2v) is 10.6. The predicted octanol–water partition coefficient (Wildman–Crippen LogP) is 2.05. The molecule has 1 aliphatic carbocycles. The van der Waals surface area contributed by atoms with Crippen molar-refractivity contribution in [3.8, 4) is 0 Å². The van der Waals surface area contributed by atoms with E-state index in [0.717, 1.165) is 57.0 Å². The third-order valence-electron chi connectivity index (χ3n) is 8.37. The van der Waals surface area contributed by atoms with Crippen LogP contribution in [-0.4, -0.2) is 87.4 Å². The van der Waals surface area contributed by atoms with E-state index in [0.29, 0.717) is 32.5 Å². The van der Waals surface area contributed by atoms with Crippen molar-refractivity contribution in [3.63, 3.8) is 0 Å². The quantitative estimate of drug-likeness (QED) is 0.602. The molecule has 0 spiro atoms. The maximum atomic E-state index is 13.6. The Morgan fingerprint density at radius 3 is 2.50 bits per heavy atom. The standard InChI is InChI=1S/C28H36N8O2/c37-25(33-17-19-34(20-18-33)27-29-14-6-15-30-27)12-11-24-31-32-28-35(16-13-21-7-2-1-3-8-21)26(38)22-9-4-5-10-23(22)36(24)28/h1-3,6-8,14-15,22-23,28,32H,4-5,9-13,16-20H2. The van der Waals surface area contributed by atoms with E-state index < -0.39 is 0 Å². The highest BCUT2D eigenvalue weighted by Gasteiger charge is 2.50. The van der Waals surface area contributed by atoms with Gasteiger partial charge >= 0.3 is 0 Å². The molecule has 3 unspecified atom stereocenters. The highest BCUT2D eigenvalue weighted by molar-refractivity contribution is 5.91. The highest BCUT2D eigenvalue weighted by atomic mass is 16.2. The fourth-order valence-electron chi connectivity index (χ4n) is 6.35. The number of amides is 2. The van der Waals surface area contributed by atoms with E-state index in [4.69, 9.17) is 0 Å². The summed E-state index contributed by atoms with van der Waals surface area (Å²) in [7, 11) is 0. The lowest BCUT2D eigenvalue weighted by Crippen LogP contribution is -2.67. The zero-order valence-corrected chi connectivity index (χ0v) is 21.8. The Bertz CT molecular complexity index is 1150. The minimum absolute atomic E-state index is 0.00450. The smallest absolute Gasteiger partial charge is 0.230 e. The van der Waals surface area contributed by atoms with Gasteiger partial charge in [0, 0.05) is 64.0 Å². The summed E-state index contributed by atoms with van der Waals surface area (Å²) >= 11 is 0. The van der Waals surface area contributed by atoms with E-state index in [2.05, 4.69) is 42.4 Å². The Hall–Kier alpha value is -3.69. The lowest BCUT2D eigenvalue weighted by molar-refractivity contribution is -0.155. The summed E-state index contributed by atoms with van der Waals surface area (Å²) in [5, 5.41) is 4.68. The van der Waals surface area contributed by atoms with E-state index in [1.807, 2.05) is 34.1 Å². The summed E-state index contributed by atoms with van der Waals surface area (Å²) in [5.41, 5.74) is 4.48. The number of rotatable bonds is 7. The summed E-state index contributed by atoms with van der Waals surface area (Å²) in [4.78, 5) is 43.7. The van der Waals surface area contributed by atoms with Crippen molar-refractivity contribution in [2.45, 2.75) is 57.3 Å². The lowest BCUT2D eigenvalue weighted by atomic mass is 9.80. The number of nitrogens with zero attached hydrogens (tertiary/aromatic N) is 7. The number of hydrazone groups is 1. The van der Waals surface area contributed by atoms with Crippen molar-refractivity contribution >= 4 is 23.6 Å². The van der Waals surface area contributed by atoms with Gasteiger partial charge in [0.2, 0.25) is 17.8 Å². The van der Waals surface area contributed by atoms with Crippen molar-refractivity contribution in [1.29, 1.82) is 0 Å². The van der Waals surface area contributed by atoms with Gasteiger partial charge in [-0.15, -0.1) is 0 Å². The van der Waals surface area contributed by atoms with E-state index in [1.165, 1.54) is 5.56 Å². The number of carbonyl (C=O) groups is 2. The molecule has 3 fully saturated rings. The van der Waals surface area contributed by atoms with Crippen LogP contribution in [0.5, 0.6) is 0 Å². The lowest BCUT2D eigenvalue weighted by Gasteiger charge is -2.50. The van der Waals surface area contributed by atoms with Crippen LogP contribution in [0.3, 0.4) is 0 Å². The first kappa shape index (κ1) is 24.6. The minimum Gasteiger partial charge on any atom is -0.339 e. The molecule has 1 saturated carbocycles. The van der Waals surface area contributed by atoms with Gasteiger partial charge in [0.15, 0.2) is 6.29 Å². The molecule has 1 aromatic carbocycles. The van der Waals surface area contributed by atoms with Crippen LogP contribution < -0.4 is 10.3 Å². The second kappa shape index (κ2) is 11.0. The number of nitrogens with one attached hydrogen (secondary N) is 1. The van der Waals surface area contributed by atoms with Crippen LogP contribution >= 0.6 is 0 Å². The van der Waals surface area contributed by atoms with Crippen LogP contribution in [0.15, 0.2) is 53.9 Å². The van der Waals surface area contributed by atoms with E-state index in [-0.39, 0.29) is 30.1 Å². The van der Waals surface area contributed by atoms with Gasteiger partial charge in [-0.3, -0.25) is 15.0 Å². The molecular formula is C28H36N8O2. The normalized spacial score (nSPS) is 25.0. The zero-order valence-electron chi connectivity index (χ0n) is 21.8. The SMILES string of the molecule is O=C(CCC1=NNC2N(CCc3ccccc3)C(=O)C3CCCCC3N12)N1CCN(c2ncccn2)CC1. The maximum absolute atomic E-state index is 13.6. The number of carbonyl (C=O) groups excluding carboxylic acids is 2. The highest BCUT2D eigenvalue weighted by Crippen LogP contribution is 2.38. The van der Waals surface area contributed by atoms with Crippen molar-refractivity contribution in [2.75, 3.05) is 37.6 Å². The molecule has 3 aliphatic heterocycles. The molecule has 4 heterocycles. The van der Waals surface area contributed by atoms with Crippen molar-refractivity contribution in [2.24, 2.45) is 11.0 Å². The average molecular weight is 517 g/mol. The average Bonchev–Trinajstić information content (AvgIpc) is 3.41. The van der Waals surface area contributed by atoms with Crippen LogP contribution in [0.1, 0.15) is 44.1 Å². The van der Waals surface area contributed by atoms with Gasteiger partial charge in [-0.05, 0) is 30.9 Å². The molecule has 2 saturated heterocycles. The zero-order chi connectivity index (χ0) is 25.9. The van der Waals surface area contributed by atoms with Gasteiger partial charge in [-0.2, -0.15) is 5.10 Å². The second-order valence-electron chi connectivity index (χ2n) is 10.6. The summed E-state index contributed by atoms with van der Waals surface area (Å²) in [5.74, 6) is 2.03. The molecule has 10 nitrogen and oxygen atoms in total.